The molecular formula is C18H22N2O. The summed E-state index contributed by atoms with van der Waals surface area (Å²) in [6.45, 7) is 4.55. The van der Waals surface area contributed by atoms with Crippen LogP contribution in [0.1, 0.15) is 49.1 Å². The van der Waals surface area contributed by atoms with Crippen LogP contribution in [0.5, 0.6) is 0 Å². The molecule has 2 bridgehead atoms. The van der Waals surface area contributed by atoms with Crippen LogP contribution in [0.25, 0.3) is 10.9 Å². The maximum Gasteiger partial charge on any atom is 0.120 e. The molecule has 110 valence electrons. The standard InChI is InChI=1S/C18H22N2O/c1-12(7-10-21)14-3-4-16-15(11-14)17-13-5-8-20(9-6-13)18(17)19(16)2/h3-4,10-13H,5-9H2,1-2H3. The minimum Gasteiger partial charge on any atom is -0.358 e. The molecule has 0 radical (unpaired) electrons. The molecular weight excluding hydrogens is 260 g/mol. The second-order valence-electron chi connectivity index (χ2n) is 6.64. The number of aromatic nitrogens is 1. The van der Waals surface area contributed by atoms with Crippen molar-refractivity contribution in [3.05, 3.63) is 29.3 Å². The van der Waals surface area contributed by atoms with Crippen molar-refractivity contribution in [3.63, 3.8) is 0 Å². The zero-order chi connectivity index (χ0) is 14.6. The van der Waals surface area contributed by atoms with Crippen LogP contribution < -0.4 is 4.90 Å². The van der Waals surface area contributed by atoms with E-state index in [1.54, 1.807) is 5.56 Å². The summed E-state index contributed by atoms with van der Waals surface area (Å²) >= 11 is 0. The number of anilines is 1. The van der Waals surface area contributed by atoms with Crippen molar-refractivity contribution in [1.82, 2.24) is 4.57 Å². The number of aldehydes is 1. The minimum absolute atomic E-state index is 0.309. The molecule has 0 aliphatic carbocycles. The van der Waals surface area contributed by atoms with E-state index in [9.17, 15) is 4.79 Å². The second-order valence-corrected chi connectivity index (χ2v) is 6.64. The van der Waals surface area contributed by atoms with Crippen molar-refractivity contribution in [2.45, 2.75) is 38.0 Å². The quantitative estimate of drug-likeness (QED) is 0.804. The number of hydrogen-bond donors (Lipinski definition) is 0. The number of rotatable bonds is 3. The Hall–Kier alpha value is -1.77. The highest BCUT2D eigenvalue weighted by molar-refractivity contribution is 5.92. The molecule has 0 saturated carbocycles. The first-order valence-corrected chi connectivity index (χ1v) is 8.01. The van der Waals surface area contributed by atoms with Crippen LogP contribution in [0.15, 0.2) is 18.2 Å². The van der Waals surface area contributed by atoms with Gasteiger partial charge in [-0.05, 0) is 42.4 Å². The van der Waals surface area contributed by atoms with Gasteiger partial charge in [-0.2, -0.15) is 0 Å². The summed E-state index contributed by atoms with van der Waals surface area (Å²) in [5, 5.41) is 1.41. The van der Waals surface area contributed by atoms with Gasteiger partial charge in [-0.25, -0.2) is 0 Å². The number of carbonyl (C=O) groups is 1. The third-order valence-electron chi connectivity index (χ3n) is 5.45. The largest absolute Gasteiger partial charge is 0.358 e. The van der Waals surface area contributed by atoms with Gasteiger partial charge in [-0.1, -0.05) is 13.0 Å². The topological polar surface area (TPSA) is 25.2 Å². The van der Waals surface area contributed by atoms with E-state index in [2.05, 4.69) is 41.6 Å². The molecule has 3 nitrogen and oxygen atoms in total. The summed E-state index contributed by atoms with van der Waals surface area (Å²) < 4.78 is 2.37. The number of fused-ring (bicyclic) bond motifs is 3. The summed E-state index contributed by atoms with van der Waals surface area (Å²) in [4.78, 5) is 13.3. The maximum absolute atomic E-state index is 10.8. The smallest absolute Gasteiger partial charge is 0.120 e. The van der Waals surface area contributed by atoms with Gasteiger partial charge in [0.1, 0.15) is 12.1 Å². The van der Waals surface area contributed by atoms with E-state index in [1.165, 1.54) is 48.2 Å². The average molecular weight is 282 g/mol. The maximum atomic E-state index is 10.8. The molecule has 5 rings (SSSR count). The lowest BCUT2D eigenvalue weighted by Crippen LogP contribution is -2.39. The molecule has 2 aromatic rings. The van der Waals surface area contributed by atoms with Gasteiger partial charge < -0.3 is 14.3 Å². The van der Waals surface area contributed by atoms with E-state index >= 15 is 0 Å². The molecule has 1 unspecified atom stereocenters. The lowest BCUT2D eigenvalue weighted by molar-refractivity contribution is -0.108. The monoisotopic (exact) mass is 282 g/mol. The molecule has 1 aromatic heterocycles. The first-order chi connectivity index (χ1) is 10.2. The first-order valence-electron chi connectivity index (χ1n) is 8.01. The minimum atomic E-state index is 0.309. The van der Waals surface area contributed by atoms with Gasteiger partial charge in [0, 0.05) is 43.0 Å². The van der Waals surface area contributed by atoms with Gasteiger partial charge in [-0.15, -0.1) is 0 Å². The van der Waals surface area contributed by atoms with Crippen molar-refractivity contribution >= 4 is 23.0 Å². The molecule has 0 amide bonds. The SMILES string of the molecule is CC(CC=O)c1ccc2c(c1)c1c(n2C)N2CCC1CC2. The van der Waals surface area contributed by atoms with Crippen LogP contribution in [0.3, 0.4) is 0 Å². The molecule has 1 fully saturated rings. The summed E-state index contributed by atoms with van der Waals surface area (Å²) in [6, 6.07) is 6.77. The van der Waals surface area contributed by atoms with Crippen molar-refractivity contribution < 1.29 is 4.79 Å². The Morgan fingerprint density at radius 1 is 1.33 bits per heavy atom. The van der Waals surface area contributed by atoms with Crippen molar-refractivity contribution in [3.8, 4) is 0 Å². The molecule has 0 N–H and O–H groups in total. The fraction of sp³-hybridized carbons (Fsp3) is 0.500. The van der Waals surface area contributed by atoms with Crippen molar-refractivity contribution in [2.24, 2.45) is 7.05 Å². The Bertz CT molecular complexity index is 708. The third-order valence-corrected chi connectivity index (χ3v) is 5.45. The molecule has 4 heterocycles. The highest BCUT2D eigenvalue weighted by Crippen LogP contribution is 2.47. The van der Waals surface area contributed by atoms with E-state index in [1.807, 2.05) is 0 Å². The number of hydrogen-bond acceptors (Lipinski definition) is 2. The van der Waals surface area contributed by atoms with E-state index in [4.69, 9.17) is 0 Å². The number of carbonyl (C=O) groups excluding carboxylic acids is 1. The molecule has 1 aromatic carbocycles. The number of benzene rings is 1. The fourth-order valence-corrected chi connectivity index (χ4v) is 4.23. The van der Waals surface area contributed by atoms with Crippen LogP contribution in [-0.4, -0.2) is 23.9 Å². The van der Waals surface area contributed by atoms with E-state index in [-0.39, 0.29) is 0 Å². The predicted molar refractivity (Wildman–Crippen MR) is 86.2 cm³/mol. The molecule has 3 aliphatic heterocycles. The highest BCUT2D eigenvalue weighted by atomic mass is 16.1. The van der Waals surface area contributed by atoms with Gasteiger partial charge in [0.2, 0.25) is 0 Å². The van der Waals surface area contributed by atoms with Gasteiger partial charge in [0.05, 0.1) is 0 Å². The summed E-state index contributed by atoms with van der Waals surface area (Å²) in [7, 11) is 2.19. The predicted octanol–water partition coefficient (Wildman–Crippen LogP) is 3.57. The fourth-order valence-electron chi connectivity index (χ4n) is 4.23. The van der Waals surface area contributed by atoms with Crippen LogP contribution in [0.4, 0.5) is 5.82 Å². The van der Waals surface area contributed by atoms with E-state index in [0.29, 0.717) is 12.3 Å². The third kappa shape index (κ3) is 1.76. The number of piperidine rings is 1. The first kappa shape index (κ1) is 12.9. The zero-order valence-electron chi connectivity index (χ0n) is 12.8. The van der Waals surface area contributed by atoms with Crippen LogP contribution in [0, 0.1) is 0 Å². The van der Waals surface area contributed by atoms with Gasteiger partial charge in [-0.3, -0.25) is 0 Å². The van der Waals surface area contributed by atoms with E-state index < -0.39 is 0 Å². The average Bonchev–Trinajstić information content (AvgIpc) is 2.84. The summed E-state index contributed by atoms with van der Waals surface area (Å²) in [5.41, 5.74) is 4.19. The Morgan fingerprint density at radius 3 is 2.81 bits per heavy atom. The molecule has 3 aliphatic rings. The van der Waals surface area contributed by atoms with Crippen molar-refractivity contribution in [2.75, 3.05) is 18.0 Å². The Labute approximate surface area is 125 Å². The lowest BCUT2D eigenvalue weighted by atomic mass is 9.83. The normalized spacial score (nSPS) is 19.0. The Balaban J connectivity index is 1.92. The van der Waals surface area contributed by atoms with E-state index in [0.717, 1.165) is 12.2 Å². The number of aryl methyl sites for hydroxylation is 1. The second kappa shape index (κ2) is 4.62. The van der Waals surface area contributed by atoms with Gasteiger partial charge >= 0.3 is 0 Å². The molecule has 0 spiro atoms. The number of nitrogens with zero attached hydrogens (tertiary/aromatic N) is 2. The van der Waals surface area contributed by atoms with Crippen LogP contribution in [0.2, 0.25) is 0 Å². The molecule has 21 heavy (non-hydrogen) atoms. The Morgan fingerprint density at radius 2 is 2.10 bits per heavy atom. The molecule has 3 heteroatoms. The van der Waals surface area contributed by atoms with Crippen molar-refractivity contribution in [1.29, 1.82) is 0 Å². The summed E-state index contributed by atoms with van der Waals surface area (Å²) in [6.07, 6.45) is 4.22. The molecule has 1 atom stereocenters. The molecule has 1 saturated heterocycles. The van der Waals surface area contributed by atoms with Gasteiger partial charge in [0.25, 0.3) is 0 Å². The van der Waals surface area contributed by atoms with Gasteiger partial charge in [0.15, 0.2) is 0 Å². The van der Waals surface area contributed by atoms with Crippen LogP contribution >= 0.6 is 0 Å². The zero-order valence-corrected chi connectivity index (χ0v) is 12.8. The Kier molecular flexibility index (Phi) is 2.84. The lowest BCUT2D eigenvalue weighted by Gasteiger charge is -2.41. The van der Waals surface area contributed by atoms with Crippen LogP contribution in [-0.2, 0) is 11.8 Å². The highest BCUT2D eigenvalue weighted by Gasteiger charge is 2.35. The summed E-state index contributed by atoms with van der Waals surface area (Å²) in [5.74, 6) is 2.47.